The number of hydrogen-bond acceptors (Lipinski definition) is 5. The molecule has 0 aliphatic carbocycles. The lowest BCUT2D eigenvalue weighted by molar-refractivity contribution is 0.102. The first-order valence-electron chi connectivity index (χ1n) is 7.71. The molecule has 1 amide bonds. The largest absolute Gasteiger partial charge is 0.454 e. The molecular weight excluding hydrogens is 334 g/mol. The Kier molecular flexibility index (Phi) is 4.03. The van der Waals surface area contributed by atoms with Crippen LogP contribution in [0.15, 0.2) is 24.4 Å². The Balaban J connectivity index is 1.50. The normalized spacial score (nSPS) is 18.8. The third-order valence-electron chi connectivity index (χ3n) is 4.10. The number of carbonyl (C=O) groups is 1. The number of hydrogen-bond donors (Lipinski definition) is 1. The number of anilines is 1. The van der Waals surface area contributed by atoms with Crippen molar-refractivity contribution in [3.8, 4) is 11.5 Å². The highest BCUT2D eigenvalue weighted by molar-refractivity contribution is 6.32. The molecule has 1 aromatic heterocycles. The van der Waals surface area contributed by atoms with Gasteiger partial charge < -0.3 is 19.5 Å². The Morgan fingerprint density at radius 2 is 2.33 bits per heavy atom. The molecule has 0 saturated carbocycles. The van der Waals surface area contributed by atoms with E-state index in [-0.39, 0.29) is 12.7 Å². The van der Waals surface area contributed by atoms with Gasteiger partial charge in [-0.05, 0) is 18.6 Å². The Hall–Kier alpha value is -2.25. The van der Waals surface area contributed by atoms with Crippen LogP contribution in [0.25, 0.3) is 0 Å². The van der Waals surface area contributed by atoms with Crippen LogP contribution in [0.5, 0.6) is 11.5 Å². The molecule has 7 nitrogen and oxygen atoms in total. The van der Waals surface area contributed by atoms with E-state index in [0.29, 0.717) is 40.4 Å². The molecule has 1 N–H and O–H groups in total. The Labute approximate surface area is 143 Å². The van der Waals surface area contributed by atoms with Crippen molar-refractivity contribution in [1.82, 2.24) is 9.78 Å². The lowest BCUT2D eigenvalue weighted by Gasteiger charge is -2.12. The first kappa shape index (κ1) is 15.3. The van der Waals surface area contributed by atoms with E-state index in [2.05, 4.69) is 10.4 Å². The monoisotopic (exact) mass is 349 g/mol. The minimum Gasteiger partial charge on any atom is -0.454 e. The van der Waals surface area contributed by atoms with E-state index in [1.807, 2.05) is 0 Å². The fraction of sp³-hybridized carbons (Fsp3) is 0.375. The van der Waals surface area contributed by atoms with Crippen LogP contribution >= 0.6 is 11.6 Å². The van der Waals surface area contributed by atoms with Gasteiger partial charge in [0, 0.05) is 30.7 Å². The number of fused-ring (bicyclic) bond motifs is 1. The highest BCUT2D eigenvalue weighted by atomic mass is 35.5. The van der Waals surface area contributed by atoms with Crippen LogP contribution in [0.3, 0.4) is 0 Å². The second-order valence-corrected chi connectivity index (χ2v) is 6.18. The molecule has 1 saturated heterocycles. The average Bonchev–Trinajstić information content (AvgIpc) is 3.30. The highest BCUT2D eigenvalue weighted by Gasteiger charge is 2.22. The zero-order valence-corrected chi connectivity index (χ0v) is 13.6. The summed E-state index contributed by atoms with van der Waals surface area (Å²) >= 11 is 6.13. The number of rotatable bonds is 4. The quantitative estimate of drug-likeness (QED) is 0.918. The van der Waals surface area contributed by atoms with E-state index < -0.39 is 0 Å². The number of aromatic nitrogens is 2. The summed E-state index contributed by atoms with van der Waals surface area (Å²) in [5, 5.41) is 7.50. The Morgan fingerprint density at radius 3 is 3.17 bits per heavy atom. The maximum absolute atomic E-state index is 12.5. The summed E-state index contributed by atoms with van der Waals surface area (Å²) in [5.74, 6) is 1.73. The fourth-order valence-electron chi connectivity index (χ4n) is 2.84. The van der Waals surface area contributed by atoms with Crippen LogP contribution in [0, 0.1) is 5.92 Å². The molecule has 2 aliphatic heterocycles. The van der Waals surface area contributed by atoms with E-state index in [1.54, 1.807) is 29.1 Å². The van der Waals surface area contributed by atoms with Crippen molar-refractivity contribution >= 4 is 23.3 Å². The molecule has 2 aliphatic rings. The van der Waals surface area contributed by atoms with Gasteiger partial charge in [0.2, 0.25) is 6.79 Å². The maximum Gasteiger partial charge on any atom is 0.257 e. The molecule has 8 heteroatoms. The van der Waals surface area contributed by atoms with Crippen molar-refractivity contribution in [2.24, 2.45) is 5.92 Å². The van der Waals surface area contributed by atoms with Gasteiger partial charge in [0.15, 0.2) is 11.5 Å². The van der Waals surface area contributed by atoms with Crippen LogP contribution in [-0.4, -0.2) is 35.7 Å². The SMILES string of the molecule is O=C(Nc1ccnn1CC1CCOC1)c1cc(Cl)c2c(c1)OCO2. The van der Waals surface area contributed by atoms with Gasteiger partial charge >= 0.3 is 0 Å². The molecule has 1 fully saturated rings. The molecule has 126 valence electrons. The summed E-state index contributed by atoms with van der Waals surface area (Å²) < 4.78 is 17.7. The molecule has 1 unspecified atom stereocenters. The zero-order chi connectivity index (χ0) is 16.5. The second kappa shape index (κ2) is 6.33. The van der Waals surface area contributed by atoms with Crippen LogP contribution in [0.1, 0.15) is 16.8 Å². The summed E-state index contributed by atoms with van der Waals surface area (Å²) in [6.45, 7) is 2.33. The van der Waals surface area contributed by atoms with Gasteiger partial charge in [-0.25, -0.2) is 4.68 Å². The summed E-state index contributed by atoms with van der Waals surface area (Å²) in [5.41, 5.74) is 0.404. The molecule has 24 heavy (non-hydrogen) atoms. The first-order chi connectivity index (χ1) is 11.7. The summed E-state index contributed by atoms with van der Waals surface area (Å²) in [6.07, 6.45) is 2.67. The molecule has 3 heterocycles. The van der Waals surface area contributed by atoms with Crippen LogP contribution in [-0.2, 0) is 11.3 Å². The van der Waals surface area contributed by atoms with Crippen LogP contribution < -0.4 is 14.8 Å². The summed E-state index contributed by atoms with van der Waals surface area (Å²) in [6, 6.07) is 4.95. The number of carbonyl (C=O) groups excluding carboxylic acids is 1. The van der Waals surface area contributed by atoms with Gasteiger partial charge in [-0.3, -0.25) is 4.79 Å². The highest BCUT2D eigenvalue weighted by Crippen LogP contribution is 2.39. The lowest BCUT2D eigenvalue weighted by Crippen LogP contribution is -2.18. The number of benzene rings is 1. The molecule has 2 aromatic rings. The molecular formula is C16H16ClN3O4. The van der Waals surface area contributed by atoms with E-state index in [0.717, 1.165) is 19.6 Å². The van der Waals surface area contributed by atoms with Gasteiger partial charge in [-0.2, -0.15) is 5.10 Å². The molecule has 0 spiro atoms. The third-order valence-corrected chi connectivity index (χ3v) is 4.38. The van der Waals surface area contributed by atoms with Gasteiger partial charge in [0.05, 0.1) is 17.8 Å². The van der Waals surface area contributed by atoms with E-state index in [9.17, 15) is 4.79 Å². The van der Waals surface area contributed by atoms with Crippen molar-refractivity contribution in [2.45, 2.75) is 13.0 Å². The topological polar surface area (TPSA) is 74.6 Å². The van der Waals surface area contributed by atoms with Crippen molar-refractivity contribution in [3.63, 3.8) is 0 Å². The van der Waals surface area contributed by atoms with Gasteiger partial charge in [-0.1, -0.05) is 11.6 Å². The number of nitrogens with zero attached hydrogens (tertiary/aromatic N) is 2. The smallest absolute Gasteiger partial charge is 0.257 e. The standard InChI is InChI=1S/C16H16ClN3O4/c17-12-5-11(6-13-15(12)24-9-23-13)16(21)19-14-1-3-18-20(14)7-10-2-4-22-8-10/h1,3,5-6,10H,2,4,7-9H2,(H,19,21). The van der Waals surface area contributed by atoms with Gasteiger partial charge in [-0.15, -0.1) is 0 Å². The van der Waals surface area contributed by atoms with Crippen LogP contribution in [0.2, 0.25) is 5.02 Å². The minimum atomic E-state index is -0.278. The summed E-state index contributed by atoms with van der Waals surface area (Å²) in [7, 11) is 0. The fourth-order valence-corrected chi connectivity index (χ4v) is 3.11. The Morgan fingerprint density at radius 1 is 1.42 bits per heavy atom. The number of nitrogens with one attached hydrogen (secondary N) is 1. The second-order valence-electron chi connectivity index (χ2n) is 5.77. The first-order valence-corrected chi connectivity index (χ1v) is 8.08. The zero-order valence-electron chi connectivity index (χ0n) is 12.8. The third kappa shape index (κ3) is 2.92. The predicted molar refractivity (Wildman–Crippen MR) is 86.7 cm³/mol. The molecule has 1 atom stereocenters. The number of ether oxygens (including phenoxy) is 3. The number of halogens is 1. The molecule has 0 radical (unpaired) electrons. The summed E-state index contributed by atoms with van der Waals surface area (Å²) in [4.78, 5) is 12.5. The predicted octanol–water partition coefficient (Wildman–Crippen LogP) is 2.55. The van der Waals surface area contributed by atoms with E-state index in [1.165, 1.54) is 0 Å². The molecule has 0 bridgehead atoms. The van der Waals surface area contributed by atoms with Crippen molar-refractivity contribution in [1.29, 1.82) is 0 Å². The van der Waals surface area contributed by atoms with Crippen molar-refractivity contribution in [3.05, 3.63) is 35.0 Å². The van der Waals surface area contributed by atoms with Gasteiger partial charge in [0.25, 0.3) is 5.91 Å². The van der Waals surface area contributed by atoms with Gasteiger partial charge in [0.1, 0.15) is 5.82 Å². The van der Waals surface area contributed by atoms with E-state index >= 15 is 0 Å². The lowest BCUT2D eigenvalue weighted by atomic mass is 10.1. The minimum absolute atomic E-state index is 0.107. The molecule has 4 rings (SSSR count). The average molecular weight is 350 g/mol. The van der Waals surface area contributed by atoms with Crippen molar-refractivity contribution in [2.75, 3.05) is 25.3 Å². The van der Waals surface area contributed by atoms with Crippen molar-refractivity contribution < 1.29 is 19.0 Å². The molecule has 1 aromatic carbocycles. The van der Waals surface area contributed by atoms with E-state index in [4.69, 9.17) is 25.8 Å². The van der Waals surface area contributed by atoms with Crippen LogP contribution in [0.4, 0.5) is 5.82 Å². The Bertz CT molecular complexity index is 771. The maximum atomic E-state index is 12.5. The number of amides is 1.